The van der Waals surface area contributed by atoms with Gasteiger partial charge in [-0.1, -0.05) is 18.5 Å². The maximum absolute atomic E-state index is 6.30. The highest BCUT2D eigenvalue weighted by Gasteiger charge is 2.12. The lowest BCUT2D eigenvalue weighted by molar-refractivity contribution is 0.130. The number of methoxy groups -OCH3 is 1. The summed E-state index contributed by atoms with van der Waals surface area (Å²) in [6.07, 6.45) is 1.93. The second kappa shape index (κ2) is 10.7. The van der Waals surface area contributed by atoms with Crippen LogP contribution in [-0.2, 0) is 11.3 Å². The number of benzene rings is 1. The van der Waals surface area contributed by atoms with Crippen LogP contribution in [0.4, 0.5) is 0 Å². The van der Waals surface area contributed by atoms with E-state index < -0.39 is 0 Å². The standard InChI is InChI=1S/C16H26ClNO3/c1-4-7-18-12-13-10-14(17)16(15(11-13)19-3)21-9-6-8-20-5-2/h10-11,18H,4-9,12H2,1-3H3. The molecule has 21 heavy (non-hydrogen) atoms. The van der Waals surface area contributed by atoms with Crippen molar-refractivity contribution in [2.45, 2.75) is 33.2 Å². The molecule has 1 N–H and O–H groups in total. The van der Waals surface area contributed by atoms with E-state index in [1.807, 2.05) is 19.1 Å². The van der Waals surface area contributed by atoms with E-state index in [0.717, 1.165) is 38.1 Å². The summed E-state index contributed by atoms with van der Waals surface area (Å²) < 4.78 is 16.4. The van der Waals surface area contributed by atoms with Crippen LogP contribution in [-0.4, -0.2) is 33.5 Å². The average Bonchev–Trinajstić information content (AvgIpc) is 2.48. The van der Waals surface area contributed by atoms with Gasteiger partial charge in [-0.2, -0.15) is 0 Å². The van der Waals surface area contributed by atoms with Crippen molar-refractivity contribution in [3.05, 3.63) is 22.7 Å². The first-order chi connectivity index (χ1) is 10.2. The van der Waals surface area contributed by atoms with Crippen LogP contribution >= 0.6 is 11.6 Å². The average molecular weight is 316 g/mol. The van der Waals surface area contributed by atoms with E-state index in [4.69, 9.17) is 25.8 Å². The molecule has 0 unspecified atom stereocenters. The van der Waals surface area contributed by atoms with Gasteiger partial charge in [-0.3, -0.25) is 0 Å². The molecule has 120 valence electrons. The Kier molecular flexibility index (Phi) is 9.22. The maximum atomic E-state index is 6.30. The Morgan fingerprint density at radius 1 is 1.19 bits per heavy atom. The van der Waals surface area contributed by atoms with E-state index in [-0.39, 0.29) is 0 Å². The fourth-order valence-corrected chi connectivity index (χ4v) is 2.19. The number of nitrogens with one attached hydrogen (secondary N) is 1. The Morgan fingerprint density at radius 2 is 2.00 bits per heavy atom. The summed E-state index contributed by atoms with van der Waals surface area (Å²) in [5.74, 6) is 1.28. The van der Waals surface area contributed by atoms with Gasteiger partial charge in [0.05, 0.1) is 18.7 Å². The van der Waals surface area contributed by atoms with Crippen molar-refractivity contribution in [1.82, 2.24) is 5.32 Å². The molecule has 0 heterocycles. The Balaban J connectivity index is 2.61. The Hall–Kier alpha value is -0.970. The van der Waals surface area contributed by atoms with Gasteiger partial charge in [0, 0.05) is 26.2 Å². The maximum Gasteiger partial charge on any atom is 0.179 e. The molecule has 0 fully saturated rings. The van der Waals surface area contributed by atoms with Crippen LogP contribution in [0, 0.1) is 0 Å². The zero-order valence-electron chi connectivity index (χ0n) is 13.2. The second-order valence-corrected chi connectivity index (χ2v) is 5.09. The Labute approximate surface area is 132 Å². The first-order valence-corrected chi connectivity index (χ1v) is 7.88. The topological polar surface area (TPSA) is 39.7 Å². The summed E-state index contributed by atoms with van der Waals surface area (Å²) in [4.78, 5) is 0. The van der Waals surface area contributed by atoms with Crippen molar-refractivity contribution in [3.8, 4) is 11.5 Å². The minimum absolute atomic E-state index is 0.559. The van der Waals surface area contributed by atoms with Crippen molar-refractivity contribution >= 4 is 11.6 Å². The van der Waals surface area contributed by atoms with Gasteiger partial charge < -0.3 is 19.5 Å². The highest BCUT2D eigenvalue weighted by molar-refractivity contribution is 6.32. The third kappa shape index (κ3) is 6.55. The molecule has 4 nitrogen and oxygen atoms in total. The number of rotatable bonds is 11. The van der Waals surface area contributed by atoms with Crippen LogP contribution in [0.25, 0.3) is 0 Å². The molecule has 0 bridgehead atoms. The predicted octanol–water partition coefficient (Wildman–Crippen LogP) is 3.65. The monoisotopic (exact) mass is 315 g/mol. The van der Waals surface area contributed by atoms with Crippen LogP contribution < -0.4 is 14.8 Å². The van der Waals surface area contributed by atoms with Crippen molar-refractivity contribution in [1.29, 1.82) is 0 Å². The van der Waals surface area contributed by atoms with Gasteiger partial charge >= 0.3 is 0 Å². The SMILES string of the molecule is CCCNCc1cc(Cl)c(OCCCOCC)c(OC)c1. The summed E-state index contributed by atoms with van der Waals surface area (Å²) >= 11 is 6.30. The third-order valence-electron chi connectivity index (χ3n) is 2.93. The van der Waals surface area contributed by atoms with Crippen LogP contribution in [0.3, 0.4) is 0 Å². The molecule has 5 heteroatoms. The van der Waals surface area contributed by atoms with E-state index in [9.17, 15) is 0 Å². The van der Waals surface area contributed by atoms with Gasteiger partial charge in [0.15, 0.2) is 11.5 Å². The number of ether oxygens (including phenoxy) is 3. The Morgan fingerprint density at radius 3 is 2.67 bits per heavy atom. The lowest BCUT2D eigenvalue weighted by atomic mass is 10.2. The van der Waals surface area contributed by atoms with Crippen LogP contribution in [0.2, 0.25) is 5.02 Å². The van der Waals surface area contributed by atoms with E-state index >= 15 is 0 Å². The minimum atomic E-state index is 0.559. The van der Waals surface area contributed by atoms with Crippen molar-refractivity contribution in [3.63, 3.8) is 0 Å². The van der Waals surface area contributed by atoms with Crippen LogP contribution in [0.5, 0.6) is 11.5 Å². The van der Waals surface area contributed by atoms with E-state index in [1.54, 1.807) is 7.11 Å². The first-order valence-electron chi connectivity index (χ1n) is 7.50. The number of halogens is 1. The minimum Gasteiger partial charge on any atom is -0.493 e. The van der Waals surface area contributed by atoms with Crippen molar-refractivity contribution in [2.75, 3.05) is 33.5 Å². The third-order valence-corrected chi connectivity index (χ3v) is 3.21. The summed E-state index contributed by atoms with van der Waals surface area (Å²) in [5, 5.41) is 3.93. The summed E-state index contributed by atoms with van der Waals surface area (Å²) in [6, 6.07) is 3.89. The largest absolute Gasteiger partial charge is 0.493 e. The zero-order valence-corrected chi connectivity index (χ0v) is 14.0. The van der Waals surface area contributed by atoms with Gasteiger partial charge in [-0.05, 0) is 37.6 Å². The van der Waals surface area contributed by atoms with Crippen LogP contribution in [0.15, 0.2) is 12.1 Å². The van der Waals surface area contributed by atoms with Crippen LogP contribution in [0.1, 0.15) is 32.3 Å². The molecule has 0 saturated heterocycles. The quantitative estimate of drug-likeness (QED) is 0.633. The molecule has 0 spiro atoms. The molecule has 1 rings (SSSR count). The van der Waals surface area contributed by atoms with E-state index in [0.29, 0.717) is 29.7 Å². The molecule has 0 aliphatic heterocycles. The lowest BCUT2D eigenvalue weighted by Crippen LogP contribution is -2.14. The molecule has 1 aromatic rings. The number of hydrogen-bond donors (Lipinski definition) is 1. The van der Waals surface area contributed by atoms with Crippen molar-refractivity contribution in [2.24, 2.45) is 0 Å². The highest BCUT2D eigenvalue weighted by Crippen LogP contribution is 2.36. The second-order valence-electron chi connectivity index (χ2n) is 4.68. The zero-order chi connectivity index (χ0) is 15.5. The van der Waals surface area contributed by atoms with E-state index in [2.05, 4.69) is 12.2 Å². The molecule has 0 aromatic heterocycles. The Bertz CT molecular complexity index is 413. The van der Waals surface area contributed by atoms with Crippen molar-refractivity contribution < 1.29 is 14.2 Å². The van der Waals surface area contributed by atoms with E-state index in [1.165, 1.54) is 0 Å². The summed E-state index contributed by atoms with van der Waals surface area (Å²) in [6.45, 7) is 7.85. The molecule has 0 amide bonds. The lowest BCUT2D eigenvalue weighted by Gasteiger charge is -2.14. The number of hydrogen-bond acceptors (Lipinski definition) is 4. The summed E-state index contributed by atoms with van der Waals surface area (Å²) in [7, 11) is 1.63. The molecular weight excluding hydrogens is 290 g/mol. The fraction of sp³-hybridized carbons (Fsp3) is 0.625. The molecule has 0 saturated carbocycles. The molecular formula is C16H26ClNO3. The van der Waals surface area contributed by atoms with Gasteiger partial charge in [0.2, 0.25) is 0 Å². The van der Waals surface area contributed by atoms with Gasteiger partial charge in [0.1, 0.15) is 0 Å². The normalized spacial score (nSPS) is 10.7. The smallest absolute Gasteiger partial charge is 0.179 e. The van der Waals surface area contributed by atoms with Gasteiger partial charge in [0.25, 0.3) is 0 Å². The van der Waals surface area contributed by atoms with Gasteiger partial charge in [-0.15, -0.1) is 0 Å². The fourth-order valence-electron chi connectivity index (χ4n) is 1.90. The molecule has 0 aliphatic carbocycles. The highest BCUT2D eigenvalue weighted by atomic mass is 35.5. The molecule has 0 radical (unpaired) electrons. The molecule has 0 atom stereocenters. The molecule has 0 aliphatic rings. The predicted molar refractivity (Wildman–Crippen MR) is 86.6 cm³/mol. The summed E-state index contributed by atoms with van der Waals surface area (Å²) in [5.41, 5.74) is 1.09. The first kappa shape index (κ1) is 18.1. The molecule has 1 aromatic carbocycles. The van der Waals surface area contributed by atoms with Gasteiger partial charge in [-0.25, -0.2) is 0 Å².